The van der Waals surface area contributed by atoms with Crippen molar-refractivity contribution in [1.29, 1.82) is 0 Å². The first-order valence-corrected chi connectivity index (χ1v) is 8.50. The molecule has 8 nitrogen and oxygen atoms in total. The van der Waals surface area contributed by atoms with Crippen LogP contribution in [0.1, 0.15) is 11.3 Å². The van der Waals surface area contributed by atoms with Crippen LogP contribution in [0.5, 0.6) is 0 Å². The minimum Gasteiger partial charge on any atom is -0.398 e. The molecule has 0 bridgehead atoms. The van der Waals surface area contributed by atoms with E-state index < -0.39 is 10.1 Å². The minimum absolute atomic E-state index is 0.113. The van der Waals surface area contributed by atoms with Crippen LogP contribution in [0.25, 0.3) is 10.8 Å². The Bertz CT molecular complexity index is 834. The van der Waals surface area contributed by atoms with Gasteiger partial charge in [0.25, 0.3) is 10.1 Å². The first-order chi connectivity index (χ1) is 10.6. The second kappa shape index (κ2) is 7.81. The van der Waals surface area contributed by atoms with Crippen LogP contribution in [0.3, 0.4) is 0 Å². The molecular formula is C13H17N5O3S2. The van der Waals surface area contributed by atoms with Crippen molar-refractivity contribution in [3.8, 4) is 0 Å². The highest BCUT2D eigenvalue weighted by molar-refractivity contribution is 7.85. The number of nitrogens with two attached hydrogens (primary N) is 2. The maximum absolute atomic E-state index is 9.19. The number of rotatable bonds is 2. The van der Waals surface area contributed by atoms with Gasteiger partial charge in [0.05, 0.1) is 18.2 Å². The number of nitrogen functional groups attached to an aromatic ring is 1. The van der Waals surface area contributed by atoms with E-state index >= 15 is 0 Å². The highest BCUT2D eigenvalue weighted by Gasteiger charge is 2.05. The first kappa shape index (κ1) is 18.7. The highest BCUT2D eigenvalue weighted by Crippen LogP contribution is 2.25. The fourth-order valence-corrected chi connectivity index (χ4v) is 1.84. The van der Waals surface area contributed by atoms with Crippen LogP contribution in [0.15, 0.2) is 29.5 Å². The van der Waals surface area contributed by atoms with Crippen molar-refractivity contribution in [3.05, 3.63) is 35.7 Å². The minimum atomic E-state index is -3.67. The number of nitrogens with zero attached hydrogens (tertiary/aromatic N) is 2. The van der Waals surface area contributed by atoms with Crippen molar-refractivity contribution in [2.75, 3.05) is 12.0 Å². The summed E-state index contributed by atoms with van der Waals surface area (Å²) in [5, 5.41) is 5.96. The number of hydrogen-bond acceptors (Lipinski definition) is 6. The number of anilines is 1. The topological polar surface area (TPSA) is 144 Å². The van der Waals surface area contributed by atoms with Gasteiger partial charge in [0.2, 0.25) is 0 Å². The van der Waals surface area contributed by atoms with Gasteiger partial charge in [0.15, 0.2) is 5.11 Å². The van der Waals surface area contributed by atoms with E-state index in [1.54, 1.807) is 12.4 Å². The monoisotopic (exact) mass is 355 g/mol. The summed E-state index contributed by atoms with van der Waals surface area (Å²) in [7, 11) is -3.67. The molecule has 0 amide bonds. The van der Waals surface area contributed by atoms with Gasteiger partial charge in [-0.05, 0) is 30.8 Å². The van der Waals surface area contributed by atoms with Crippen LogP contribution in [0.4, 0.5) is 5.69 Å². The van der Waals surface area contributed by atoms with Crippen LogP contribution in [-0.4, -0.2) is 35.5 Å². The lowest BCUT2D eigenvalue weighted by Crippen LogP contribution is -2.24. The number of hydrazone groups is 1. The van der Waals surface area contributed by atoms with E-state index in [-0.39, 0.29) is 5.11 Å². The lowest BCUT2D eigenvalue weighted by Gasteiger charge is -2.07. The van der Waals surface area contributed by atoms with E-state index in [4.69, 9.17) is 16.0 Å². The van der Waals surface area contributed by atoms with Crippen LogP contribution in [0.2, 0.25) is 0 Å². The standard InChI is InChI=1S/C12H13N5S.CH4O3S/c1-7-5-15-10(6-16-17-12(14)18)8-3-2-4-9(13)11(7)8;1-5(2,3)4/h2-6H,13H2,1H3,(H3,14,17,18);1H3,(H,2,3,4). The van der Waals surface area contributed by atoms with Crippen LogP contribution >= 0.6 is 12.2 Å². The van der Waals surface area contributed by atoms with Gasteiger partial charge in [-0.2, -0.15) is 13.5 Å². The van der Waals surface area contributed by atoms with Crippen molar-refractivity contribution in [2.24, 2.45) is 10.8 Å². The predicted octanol–water partition coefficient (Wildman–Crippen LogP) is 0.797. The molecule has 23 heavy (non-hydrogen) atoms. The maximum atomic E-state index is 9.19. The number of pyridine rings is 1. The summed E-state index contributed by atoms with van der Waals surface area (Å²) < 4.78 is 25.9. The van der Waals surface area contributed by atoms with E-state index in [1.165, 1.54) is 0 Å². The number of hydrogen-bond donors (Lipinski definition) is 4. The largest absolute Gasteiger partial charge is 0.398 e. The fraction of sp³-hybridized carbons (Fsp3) is 0.154. The molecule has 0 aliphatic rings. The van der Waals surface area contributed by atoms with Crippen molar-refractivity contribution in [2.45, 2.75) is 6.92 Å². The van der Waals surface area contributed by atoms with Crippen molar-refractivity contribution in [1.82, 2.24) is 10.4 Å². The molecular weight excluding hydrogens is 338 g/mol. The predicted molar refractivity (Wildman–Crippen MR) is 95.9 cm³/mol. The van der Waals surface area contributed by atoms with E-state index in [9.17, 15) is 8.42 Å². The average molecular weight is 355 g/mol. The summed E-state index contributed by atoms with van der Waals surface area (Å²) in [5.41, 5.74) is 16.2. The van der Waals surface area contributed by atoms with Gasteiger partial charge in [-0.15, -0.1) is 0 Å². The average Bonchev–Trinajstić information content (AvgIpc) is 2.39. The molecule has 1 aromatic carbocycles. The number of nitrogens with one attached hydrogen (secondary N) is 1. The van der Waals surface area contributed by atoms with Gasteiger partial charge < -0.3 is 11.5 Å². The lowest BCUT2D eigenvalue weighted by atomic mass is 10.0. The zero-order chi connectivity index (χ0) is 17.6. The molecule has 0 saturated carbocycles. The summed E-state index contributed by atoms with van der Waals surface area (Å²) in [5.74, 6) is 0. The highest BCUT2D eigenvalue weighted by atomic mass is 32.2. The Morgan fingerprint density at radius 2 is 2.09 bits per heavy atom. The molecule has 1 aromatic heterocycles. The number of thiocarbonyl (C=S) groups is 1. The number of aromatic nitrogens is 1. The third kappa shape index (κ3) is 6.55. The Kier molecular flexibility index (Phi) is 6.37. The zero-order valence-corrected chi connectivity index (χ0v) is 14.1. The van der Waals surface area contributed by atoms with Gasteiger partial charge in [-0.1, -0.05) is 12.1 Å². The third-order valence-electron chi connectivity index (χ3n) is 2.53. The molecule has 0 radical (unpaired) electrons. The smallest absolute Gasteiger partial charge is 0.261 e. The summed E-state index contributed by atoms with van der Waals surface area (Å²) in [6.45, 7) is 1.97. The number of benzene rings is 1. The summed E-state index contributed by atoms with van der Waals surface area (Å²) >= 11 is 4.66. The van der Waals surface area contributed by atoms with Crippen LogP contribution in [0, 0.1) is 6.92 Å². The Labute approximate surface area is 139 Å². The Morgan fingerprint density at radius 1 is 1.48 bits per heavy atom. The molecule has 0 aliphatic carbocycles. The second-order valence-corrected chi connectivity index (χ2v) is 6.47. The summed E-state index contributed by atoms with van der Waals surface area (Å²) in [4.78, 5) is 4.32. The second-order valence-electron chi connectivity index (χ2n) is 4.56. The first-order valence-electron chi connectivity index (χ1n) is 6.24. The van der Waals surface area contributed by atoms with Crippen LogP contribution < -0.4 is 16.9 Å². The van der Waals surface area contributed by atoms with Crippen LogP contribution in [-0.2, 0) is 10.1 Å². The molecule has 0 fully saturated rings. The number of aryl methyl sites for hydroxylation is 1. The molecule has 10 heteroatoms. The van der Waals surface area contributed by atoms with Gasteiger partial charge in [0.1, 0.15) is 0 Å². The van der Waals surface area contributed by atoms with Crippen molar-refractivity contribution >= 4 is 50.1 Å². The summed E-state index contributed by atoms with van der Waals surface area (Å²) in [6, 6.07) is 5.70. The zero-order valence-electron chi connectivity index (χ0n) is 12.5. The summed E-state index contributed by atoms with van der Waals surface area (Å²) in [6.07, 6.45) is 4.05. The normalized spacial score (nSPS) is 11.1. The molecule has 0 unspecified atom stereocenters. The molecule has 6 N–H and O–H groups in total. The van der Waals surface area contributed by atoms with Gasteiger partial charge in [0, 0.05) is 22.7 Å². The molecule has 1 heterocycles. The van der Waals surface area contributed by atoms with Crippen molar-refractivity contribution < 1.29 is 13.0 Å². The fourth-order valence-electron chi connectivity index (χ4n) is 1.78. The van der Waals surface area contributed by atoms with E-state index in [0.29, 0.717) is 11.9 Å². The lowest BCUT2D eigenvalue weighted by molar-refractivity contribution is 0.490. The number of fused-ring (bicyclic) bond motifs is 1. The molecule has 0 spiro atoms. The molecule has 2 rings (SSSR count). The van der Waals surface area contributed by atoms with Gasteiger partial charge in [-0.3, -0.25) is 15.0 Å². The van der Waals surface area contributed by atoms with Gasteiger partial charge >= 0.3 is 0 Å². The quantitative estimate of drug-likeness (QED) is 0.203. The van der Waals surface area contributed by atoms with Crippen molar-refractivity contribution in [3.63, 3.8) is 0 Å². The molecule has 124 valence electrons. The Morgan fingerprint density at radius 3 is 2.65 bits per heavy atom. The SMILES string of the molecule is CS(=O)(=O)O.Cc1cnc(C=NNC(N)=S)c2cccc(N)c12. The molecule has 0 atom stereocenters. The molecule has 2 aromatic rings. The molecule has 0 aliphatic heterocycles. The maximum Gasteiger partial charge on any atom is 0.261 e. The van der Waals surface area contributed by atoms with E-state index in [2.05, 4.69) is 27.7 Å². The van der Waals surface area contributed by atoms with E-state index in [1.807, 2.05) is 25.1 Å². The molecule has 0 saturated heterocycles. The Balaban J connectivity index is 0.000000463. The van der Waals surface area contributed by atoms with E-state index in [0.717, 1.165) is 22.0 Å². The van der Waals surface area contributed by atoms with Gasteiger partial charge in [-0.25, -0.2) is 0 Å². The third-order valence-corrected chi connectivity index (χ3v) is 2.62. The Hall–Kier alpha value is -2.30.